The summed E-state index contributed by atoms with van der Waals surface area (Å²) in [5.41, 5.74) is 2.04. The summed E-state index contributed by atoms with van der Waals surface area (Å²) in [6.07, 6.45) is 0.796. The molecule has 0 spiro atoms. The van der Waals surface area contributed by atoms with Crippen molar-refractivity contribution >= 4 is 29.0 Å². The number of halogens is 2. The Kier molecular flexibility index (Phi) is 4.05. The molecule has 2 aromatic rings. The molecule has 0 saturated heterocycles. The standard InChI is InChI=1S/C15H12Cl2O/c1-2-10-6-3-4-7-11(10)15(18)14-12(16)8-5-9-13(14)17/h3-9H,2H2,1H3. The summed E-state index contributed by atoms with van der Waals surface area (Å²) in [4.78, 5) is 12.5. The van der Waals surface area contributed by atoms with Crippen molar-refractivity contribution in [1.82, 2.24) is 0 Å². The van der Waals surface area contributed by atoms with E-state index in [-0.39, 0.29) is 5.78 Å². The van der Waals surface area contributed by atoms with Gasteiger partial charge in [0.25, 0.3) is 0 Å². The van der Waals surface area contributed by atoms with Gasteiger partial charge in [0.1, 0.15) is 0 Å². The largest absolute Gasteiger partial charge is 0.288 e. The maximum absolute atomic E-state index is 12.5. The summed E-state index contributed by atoms with van der Waals surface area (Å²) in [7, 11) is 0. The summed E-state index contributed by atoms with van der Waals surface area (Å²) in [5, 5.41) is 0.775. The predicted octanol–water partition coefficient (Wildman–Crippen LogP) is 4.79. The molecule has 0 bridgehead atoms. The van der Waals surface area contributed by atoms with E-state index in [2.05, 4.69) is 0 Å². The Morgan fingerprint density at radius 1 is 1.00 bits per heavy atom. The van der Waals surface area contributed by atoms with Gasteiger partial charge in [-0.1, -0.05) is 60.5 Å². The minimum atomic E-state index is -0.122. The molecule has 0 amide bonds. The number of hydrogen-bond donors (Lipinski definition) is 0. The summed E-state index contributed by atoms with van der Waals surface area (Å²) in [6.45, 7) is 2.01. The lowest BCUT2D eigenvalue weighted by atomic mass is 9.97. The van der Waals surface area contributed by atoms with Gasteiger partial charge < -0.3 is 0 Å². The van der Waals surface area contributed by atoms with Gasteiger partial charge in [0.2, 0.25) is 0 Å². The van der Waals surface area contributed by atoms with Crippen LogP contribution in [0.25, 0.3) is 0 Å². The minimum Gasteiger partial charge on any atom is -0.288 e. The molecule has 0 aliphatic carbocycles. The van der Waals surface area contributed by atoms with Crippen LogP contribution in [-0.2, 0) is 6.42 Å². The Morgan fingerprint density at radius 3 is 2.22 bits per heavy atom. The summed E-state index contributed by atoms with van der Waals surface area (Å²) in [5.74, 6) is -0.122. The lowest BCUT2D eigenvalue weighted by molar-refractivity contribution is 0.103. The quantitative estimate of drug-likeness (QED) is 0.738. The molecule has 1 nitrogen and oxygen atoms in total. The molecule has 0 aliphatic rings. The third-order valence-electron chi connectivity index (χ3n) is 2.83. The Morgan fingerprint density at radius 2 is 1.61 bits per heavy atom. The zero-order valence-corrected chi connectivity index (χ0v) is 11.4. The molecule has 2 rings (SSSR count). The normalized spacial score (nSPS) is 10.4. The predicted molar refractivity (Wildman–Crippen MR) is 75.7 cm³/mol. The molecule has 3 heteroatoms. The average molecular weight is 279 g/mol. The van der Waals surface area contributed by atoms with Crippen LogP contribution in [0.15, 0.2) is 42.5 Å². The molecule has 2 aromatic carbocycles. The SMILES string of the molecule is CCc1ccccc1C(=O)c1c(Cl)cccc1Cl. The molecule has 0 aromatic heterocycles. The van der Waals surface area contributed by atoms with Gasteiger partial charge in [0.05, 0.1) is 15.6 Å². The van der Waals surface area contributed by atoms with E-state index >= 15 is 0 Å². The van der Waals surface area contributed by atoms with Gasteiger partial charge in [0.15, 0.2) is 5.78 Å². The number of hydrogen-bond acceptors (Lipinski definition) is 1. The smallest absolute Gasteiger partial charge is 0.196 e. The maximum atomic E-state index is 12.5. The van der Waals surface area contributed by atoms with Crippen LogP contribution in [0.1, 0.15) is 28.4 Å². The first-order valence-corrected chi connectivity index (χ1v) is 6.47. The lowest BCUT2D eigenvalue weighted by Gasteiger charge is -2.09. The van der Waals surface area contributed by atoms with E-state index in [1.807, 2.05) is 25.1 Å². The monoisotopic (exact) mass is 278 g/mol. The van der Waals surface area contributed by atoms with E-state index in [0.29, 0.717) is 21.2 Å². The van der Waals surface area contributed by atoms with Crippen molar-refractivity contribution < 1.29 is 4.79 Å². The van der Waals surface area contributed by atoms with Crippen molar-refractivity contribution in [3.63, 3.8) is 0 Å². The van der Waals surface area contributed by atoms with E-state index in [4.69, 9.17) is 23.2 Å². The van der Waals surface area contributed by atoms with E-state index < -0.39 is 0 Å². The maximum Gasteiger partial charge on any atom is 0.196 e. The number of carbonyl (C=O) groups is 1. The Balaban J connectivity index is 2.55. The molecule has 92 valence electrons. The fourth-order valence-electron chi connectivity index (χ4n) is 1.90. The van der Waals surface area contributed by atoms with Crippen molar-refractivity contribution in [2.75, 3.05) is 0 Å². The van der Waals surface area contributed by atoms with Gasteiger partial charge in [-0.3, -0.25) is 4.79 Å². The second-order valence-electron chi connectivity index (χ2n) is 3.94. The van der Waals surface area contributed by atoms with E-state index in [9.17, 15) is 4.79 Å². The third kappa shape index (κ3) is 2.43. The molecule has 0 aliphatic heterocycles. The number of rotatable bonds is 3. The lowest BCUT2D eigenvalue weighted by Crippen LogP contribution is -2.06. The molecule has 0 N–H and O–H groups in total. The van der Waals surface area contributed by atoms with Crippen LogP contribution in [0.5, 0.6) is 0 Å². The van der Waals surface area contributed by atoms with Crippen LogP contribution in [0.4, 0.5) is 0 Å². The van der Waals surface area contributed by atoms with Crippen LogP contribution in [-0.4, -0.2) is 5.78 Å². The Labute approximate surface area is 116 Å². The second kappa shape index (κ2) is 5.55. The minimum absolute atomic E-state index is 0.122. The molecule has 0 radical (unpaired) electrons. The fourth-order valence-corrected chi connectivity index (χ4v) is 2.47. The highest BCUT2D eigenvalue weighted by atomic mass is 35.5. The topological polar surface area (TPSA) is 17.1 Å². The van der Waals surface area contributed by atoms with Crippen molar-refractivity contribution in [2.24, 2.45) is 0 Å². The van der Waals surface area contributed by atoms with Gasteiger partial charge in [-0.15, -0.1) is 0 Å². The van der Waals surface area contributed by atoms with Gasteiger partial charge >= 0.3 is 0 Å². The zero-order chi connectivity index (χ0) is 13.1. The third-order valence-corrected chi connectivity index (χ3v) is 3.46. The molecule has 18 heavy (non-hydrogen) atoms. The number of carbonyl (C=O) groups excluding carboxylic acids is 1. The molecule has 0 atom stereocenters. The number of benzene rings is 2. The Bertz CT molecular complexity index is 571. The number of ketones is 1. The average Bonchev–Trinajstić information content (AvgIpc) is 2.38. The molecule has 0 saturated carbocycles. The van der Waals surface area contributed by atoms with Crippen LogP contribution < -0.4 is 0 Å². The first kappa shape index (κ1) is 13.1. The van der Waals surface area contributed by atoms with Gasteiger partial charge in [-0.25, -0.2) is 0 Å². The van der Waals surface area contributed by atoms with Crippen molar-refractivity contribution in [3.8, 4) is 0 Å². The van der Waals surface area contributed by atoms with E-state index in [1.165, 1.54) is 0 Å². The first-order chi connectivity index (χ1) is 8.65. The zero-order valence-electron chi connectivity index (χ0n) is 9.91. The second-order valence-corrected chi connectivity index (χ2v) is 4.75. The summed E-state index contributed by atoms with van der Waals surface area (Å²) >= 11 is 12.1. The van der Waals surface area contributed by atoms with E-state index in [0.717, 1.165) is 12.0 Å². The first-order valence-electron chi connectivity index (χ1n) is 5.71. The van der Waals surface area contributed by atoms with Crippen LogP contribution in [0.3, 0.4) is 0 Å². The molecular formula is C15H12Cl2O. The Hall–Kier alpha value is -1.31. The highest BCUT2D eigenvalue weighted by molar-refractivity contribution is 6.41. The van der Waals surface area contributed by atoms with Crippen LogP contribution in [0, 0.1) is 0 Å². The van der Waals surface area contributed by atoms with Crippen molar-refractivity contribution in [1.29, 1.82) is 0 Å². The van der Waals surface area contributed by atoms with Crippen molar-refractivity contribution in [3.05, 3.63) is 69.2 Å². The van der Waals surface area contributed by atoms with Crippen LogP contribution in [0.2, 0.25) is 10.0 Å². The molecule has 0 unspecified atom stereocenters. The molecule has 0 fully saturated rings. The van der Waals surface area contributed by atoms with Crippen molar-refractivity contribution in [2.45, 2.75) is 13.3 Å². The van der Waals surface area contributed by atoms with Gasteiger partial charge in [-0.2, -0.15) is 0 Å². The number of aryl methyl sites for hydroxylation is 1. The van der Waals surface area contributed by atoms with E-state index in [1.54, 1.807) is 24.3 Å². The molecule has 0 heterocycles. The summed E-state index contributed by atoms with van der Waals surface area (Å²) < 4.78 is 0. The van der Waals surface area contributed by atoms with Gasteiger partial charge in [0, 0.05) is 5.56 Å². The highest BCUT2D eigenvalue weighted by Gasteiger charge is 2.18. The van der Waals surface area contributed by atoms with Gasteiger partial charge in [-0.05, 0) is 24.1 Å². The summed E-state index contributed by atoms with van der Waals surface area (Å²) in [6, 6.07) is 12.6. The highest BCUT2D eigenvalue weighted by Crippen LogP contribution is 2.27. The van der Waals surface area contributed by atoms with Crippen LogP contribution >= 0.6 is 23.2 Å². The fraction of sp³-hybridized carbons (Fsp3) is 0.133. The molecular weight excluding hydrogens is 267 g/mol.